The Morgan fingerprint density at radius 2 is 1.59 bits per heavy atom. The highest BCUT2D eigenvalue weighted by Gasteiger charge is 2.36. The summed E-state index contributed by atoms with van der Waals surface area (Å²) >= 11 is 0. The molecule has 1 saturated heterocycles. The number of furan rings is 1. The lowest BCUT2D eigenvalue weighted by Crippen LogP contribution is -2.57. The molecule has 2 heterocycles. The third-order valence-corrected chi connectivity index (χ3v) is 8.97. The van der Waals surface area contributed by atoms with Crippen molar-refractivity contribution in [1.82, 2.24) is 26.2 Å². The first-order valence-corrected chi connectivity index (χ1v) is 17.0. The van der Waals surface area contributed by atoms with E-state index in [4.69, 9.17) is 9.15 Å². The van der Waals surface area contributed by atoms with E-state index in [-0.39, 0.29) is 60.3 Å². The SMILES string of the molecule is COc1ccc(C[C@@H]2NC(=O)[C@H](CC(C)C)NC(=O)CN(C(=O)c3c(C)oc4c3C(=O)CCC4)C[C@H](C(C)C)NC(=O)[C@@H](C)NC2=O)cc1. The van der Waals surface area contributed by atoms with Gasteiger partial charge in [-0.05, 0) is 56.2 Å². The summed E-state index contributed by atoms with van der Waals surface area (Å²) in [5, 5.41) is 11.3. The molecule has 13 nitrogen and oxygen atoms in total. The highest BCUT2D eigenvalue weighted by atomic mass is 16.5. The number of rotatable bonds is 7. The maximum atomic E-state index is 14.3. The van der Waals surface area contributed by atoms with E-state index in [0.717, 1.165) is 5.56 Å². The fourth-order valence-corrected chi connectivity index (χ4v) is 6.19. The lowest BCUT2D eigenvalue weighted by Gasteiger charge is -2.31. The smallest absolute Gasteiger partial charge is 0.258 e. The van der Waals surface area contributed by atoms with Crippen LogP contribution in [0.2, 0.25) is 0 Å². The second kappa shape index (κ2) is 16.1. The molecule has 0 radical (unpaired) electrons. The molecule has 4 rings (SSSR count). The number of amides is 5. The van der Waals surface area contributed by atoms with Crippen LogP contribution >= 0.6 is 0 Å². The second-order valence-corrected chi connectivity index (χ2v) is 13.7. The molecule has 0 saturated carbocycles. The van der Waals surface area contributed by atoms with Gasteiger partial charge in [-0.15, -0.1) is 0 Å². The molecular weight excluding hydrogens is 630 g/mol. The van der Waals surface area contributed by atoms with Gasteiger partial charge < -0.3 is 35.3 Å². The molecule has 0 spiro atoms. The van der Waals surface area contributed by atoms with Crippen molar-refractivity contribution in [2.45, 2.75) is 97.8 Å². The first-order chi connectivity index (χ1) is 23.2. The van der Waals surface area contributed by atoms with E-state index in [1.54, 1.807) is 38.3 Å². The second-order valence-electron chi connectivity index (χ2n) is 13.7. The van der Waals surface area contributed by atoms with Crippen molar-refractivity contribution in [2.75, 3.05) is 20.2 Å². The quantitative estimate of drug-likeness (QED) is 0.345. The number of methoxy groups -OCH3 is 1. The van der Waals surface area contributed by atoms with Crippen molar-refractivity contribution in [1.29, 1.82) is 0 Å². The first kappa shape index (κ1) is 37.1. The number of nitrogens with zero attached hydrogens (tertiary/aromatic N) is 1. The van der Waals surface area contributed by atoms with Gasteiger partial charge in [-0.25, -0.2) is 0 Å². The average molecular weight is 680 g/mol. The molecule has 0 bridgehead atoms. The summed E-state index contributed by atoms with van der Waals surface area (Å²) in [7, 11) is 1.55. The molecule has 1 aromatic carbocycles. The van der Waals surface area contributed by atoms with E-state index in [0.29, 0.717) is 24.4 Å². The molecule has 4 N–H and O–H groups in total. The molecule has 5 amide bonds. The van der Waals surface area contributed by atoms with Crippen LogP contribution < -0.4 is 26.0 Å². The maximum absolute atomic E-state index is 14.3. The van der Waals surface area contributed by atoms with Gasteiger partial charge in [-0.3, -0.25) is 28.8 Å². The minimum atomic E-state index is -1.07. The van der Waals surface area contributed by atoms with Crippen LogP contribution in [0.15, 0.2) is 28.7 Å². The Hall–Kier alpha value is -4.68. The zero-order valence-electron chi connectivity index (χ0n) is 29.4. The van der Waals surface area contributed by atoms with Crippen LogP contribution in [-0.2, 0) is 32.0 Å². The van der Waals surface area contributed by atoms with Crippen LogP contribution in [0, 0.1) is 18.8 Å². The van der Waals surface area contributed by atoms with Crippen molar-refractivity contribution >= 4 is 35.3 Å². The van der Waals surface area contributed by atoms with Gasteiger partial charge in [-0.2, -0.15) is 0 Å². The molecule has 1 aliphatic carbocycles. The van der Waals surface area contributed by atoms with Crippen LogP contribution in [0.5, 0.6) is 5.75 Å². The average Bonchev–Trinajstić information content (AvgIpc) is 3.39. The molecule has 2 aromatic rings. The van der Waals surface area contributed by atoms with E-state index in [2.05, 4.69) is 21.3 Å². The Morgan fingerprint density at radius 1 is 0.918 bits per heavy atom. The molecule has 1 aliphatic heterocycles. The van der Waals surface area contributed by atoms with Crippen LogP contribution in [0.25, 0.3) is 0 Å². The Balaban J connectivity index is 1.71. The summed E-state index contributed by atoms with van der Waals surface area (Å²) in [6, 6.07) is 3.33. The van der Waals surface area contributed by atoms with Crippen LogP contribution in [0.3, 0.4) is 0 Å². The third kappa shape index (κ3) is 9.27. The van der Waals surface area contributed by atoms with Crippen molar-refractivity contribution < 1.29 is 37.9 Å². The summed E-state index contributed by atoms with van der Waals surface area (Å²) in [5.41, 5.74) is 1.09. The Kier molecular flexibility index (Phi) is 12.2. The van der Waals surface area contributed by atoms with E-state index in [1.165, 1.54) is 11.8 Å². The molecule has 49 heavy (non-hydrogen) atoms. The van der Waals surface area contributed by atoms with Gasteiger partial charge in [0.1, 0.15) is 35.4 Å². The number of ether oxygens (including phenoxy) is 1. The number of nitrogens with one attached hydrogen (secondary N) is 4. The number of hydrogen-bond acceptors (Lipinski definition) is 8. The molecule has 0 unspecified atom stereocenters. The standard InChI is InChI=1S/C36H49N5O8/c1-19(2)15-25-35(46)39-26(16-23-11-13-24(48-7)14-12-23)34(45)37-21(5)33(44)40-27(20(3)4)17-41(18-30(43)38-25)36(47)31-22(6)49-29-10-8-9-28(42)32(29)31/h11-14,19-21,25-27H,8-10,15-18H2,1-7H3,(H,37,45)(H,38,43)(H,39,46)(H,40,44)/t21-,25+,26+,27-/m1/s1. The number of Topliss-reactive ketones (excluding diaryl/α,β-unsaturated/α-hetero) is 1. The van der Waals surface area contributed by atoms with Crippen LogP contribution in [0.1, 0.15) is 91.7 Å². The van der Waals surface area contributed by atoms with Gasteiger partial charge >= 0.3 is 0 Å². The molecule has 1 aromatic heterocycles. The van der Waals surface area contributed by atoms with Gasteiger partial charge in [0.05, 0.1) is 24.8 Å². The Labute approximate surface area is 287 Å². The van der Waals surface area contributed by atoms with E-state index in [9.17, 15) is 28.8 Å². The molecule has 2 aliphatic rings. The fourth-order valence-electron chi connectivity index (χ4n) is 6.19. The lowest BCUT2D eigenvalue weighted by atomic mass is 9.92. The van der Waals surface area contributed by atoms with Crippen LogP contribution in [-0.4, -0.2) is 84.6 Å². The third-order valence-electron chi connectivity index (χ3n) is 8.97. The van der Waals surface area contributed by atoms with Gasteiger partial charge in [0.2, 0.25) is 23.6 Å². The van der Waals surface area contributed by atoms with Crippen molar-refractivity contribution in [3.63, 3.8) is 0 Å². The Morgan fingerprint density at radius 3 is 2.22 bits per heavy atom. The number of carbonyl (C=O) groups is 6. The fraction of sp³-hybridized carbons (Fsp3) is 0.556. The summed E-state index contributed by atoms with van der Waals surface area (Å²) in [6.07, 6.45) is 1.80. The number of hydrogen-bond donors (Lipinski definition) is 4. The molecule has 13 heteroatoms. The van der Waals surface area contributed by atoms with Crippen molar-refractivity contribution in [3.05, 3.63) is 52.5 Å². The van der Waals surface area contributed by atoms with Crippen molar-refractivity contribution in [2.24, 2.45) is 11.8 Å². The minimum Gasteiger partial charge on any atom is -0.497 e. The van der Waals surface area contributed by atoms with E-state index >= 15 is 0 Å². The normalized spacial score (nSPS) is 22.8. The van der Waals surface area contributed by atoms with E-state index < -0.39 is 60.2 Å². The molecule has 266 valence electrons. The summed E-state index contributed by atoms with van der Waals surface area (Å²) < 4.78 is 11.1. The molecule has 1 fully saturated rings. The number of carbonyl (C=O) groups excluding carboxylic acids is 6. The Bertz CT molecular complexity index is 1560. The van der Waals surface area contributed by atoms with Crippen LogP contribution in [0.4, 0.5) is 0 Å². The minimum absolute atomic E-state index is 0.0111. The number of ketones is 1. The predicted molar refractivity (Wildman–Crippen MR) is 181 cm³/mol. The highest BCUT2D eigenvalue weighted by molar-refractivity contribution is 6.10. The number of benzene rings is 1. The van der Waals surface area contributed by atoms with Gasteiger partial charge in [-0.1, -0.05) is 39.8 Å². The topological polar surface area (TPSA) is 176 Å². The maximum Gasteiger partial charge on any atom is 0.258 e. The number of fused-ring (bicyclic) bond motifs is 1. The first-order valence-electron chi connectivity index (χ1n) is 17.0. The highest BCUT2D eigenvalue weighted by Crippen LogP contribution is 2.31. The molecular formula is C36H49N5O8. The molecule has 4 atom stereocenters. The van der Waals surface area contributed by atoms with E-state index in [1.807, 2.05) is 27.7 Å². The summed E-state index contributed by atoms with van der Waals surface area (Å²) in [6.45, 7) is 10.2. The number of aryl methyl sites for hydroxylation is 2. The predicted octanol–water partition coefficient (Wildman–Crippen LogP) is 2.48. The van der Waals surface area contributed by atoms with Crippen molar-refractivity contribution in [3.8, 4) is 5.75 Å². The van der Waals surface area contributed by atoms with Gasteiger partial charge in [0.15, 0.2) is 5.78 Å². The summed E-state index contributed by atoms with van der Waals surface area (Å²) in [4.78, 5) is 83.1. The monoisotopic (exact) mass is 679 g/mol. The van der Waals surface area contributed by atoms with Gasteiger partial charge in [0.25, 0.3) is 5.91 Å². The zero-order valence-corrected chi connectivity index (χ0v) is 29.4. The largest absolute Gasteiger partial charge is 0.497 e. The lowest BCUT2D eigenvalue weighted by molar-refractivity contribution is -0.133. The summed E-state index contributed by atoms with van der Waals surface area (Å²) in [5.74, 6) is -1.87. The zero-order chi connectivity index (χ0) is 36.0. The van der Waals surface area contributed by atoms with Gasteiger partial charge in [0, 0.05) is 31.8 Å².